The molecule has 0 fully saturated rings. The Balaban J connectivity index is 1.76. The summed E-state index contributed by atoms with van der Waals surface area (Å²) in [5.41, 5.74) is 1.07. The molecule has 25 heavy (non-hydrogen) atoms. The SMILES string of the molecule is COc1cccc(C[NH+](C)[C@@H](C)c2nnc(-c3cccs3)o2)c1OC. The molecule has 0 aliphatic rings. The van der Waals surface area contributed by atoms with E-state index in [1.165, 1.54) is 4.90 Å². The van der Waals surface area contributed by atoms with Gasteiger partial charge in [-0.1, -0.05) is 12.1 Å². The summed E-state index contributed by atoms with van der Waals surface area (Å²) in [4.78, 5) is 2.20. The molecule has 2 aromatic heterocycles. The number of thiophene rings is 1. The molecule has 3 aromatic rings. The number of aromatic nitrogens is 2. The highest BCUT2D eigenvalue weighted by Crippen LogP contribution is 2.30. The maximum absolute atomic E-state index is 5.86. The molecule has 0 aliphatic carbocycles. The second-order valence-electron chi connectivity index (χ2n) is 5.82. The van der Waals surface area contributed by atoms with Gasteiger partial charge in [-0.3, -0.25) is 0 Å². The average Bonchev–Trinajstić information content (AvgIpc) is 3.31. The standard InChI is InChI=1S/C18H21N3O3S/c1-12(17-19-20-18(24-17)15-9-6-10-25-15)21(2)11-13-7-5-8-14(22-3)16(13)23-4/h5-10,12H,11H2,1-4H3/p+1/t12-/m0/s1. The van der Waals surface area contributed by atoms with Gasteiger partial charge in [-0.05, 0) is 30.5 Å². The van der Waals surface area contributed by atoms with Crippen LogP contribution in [0, 0.1) is 0 Å². The minimum atomic E-state index is 0.0529. The lowest BCUT2D eigenvalue weighted by molar-refractivity contribution is -0.925. The molecule has 3 rings (SSSR count). The summed E-state index contributed by atoms with van der Waals surface area (Å²) in [6.45, 7) is 2.83. The molecule has 0 bridgehead atoms. The number of benzene rings is 1. The fraction of sp³-hybridized carbons (Fsp3) is 0.333. The third-order valence-corrected chi connectivity index (χ3v) is 5.09. The van der Waals surface area contributed by atoms with Gasteiger partial charge in [-0.15, -0.1) is 21.5 Å². The summed E-state index contributed by atoms with van der Waals surface area (Å²) in [5.74, 6) is 2.70. The predicted octanol–water partition coefficient (Wildman–Crippen LogP) is 2.59. The van der Waals surface area contributed by atoms with Crippen molar-refractivity contribution in [3.05, 3.63) is 47.2 Å². The average molecular weight is 360 g/mol. The Morgan fingerprint density at radius 1 is 1.16 bits per heavy atom. The van der Waals surface area contributed by atoms with E-state index in [1.807, 2.05) is 35.7 Å². The molecule has 6 nitrogen and oxygen atoms in total. The number of hydrogen-bond acceptors (Lipinski definition) is 6. The minimum absolute atomic E-state index is 0.0529. The van der Waals surface area contributed by atoms with Gasteiger partial charge in [0.05, 0.1) is 31.7 Å². The lowest BCUT2D eigenvalue weighted by atomic mass is 10.1. The summed E-state index contributed by atoms with van der Waals surface area (Å²) >= 11 is 1.59. The zero-order chi connectivity index (χ0) is 17.8. The fourth-order valence-electron chi connectivity index (χ4n) is 2.67. The number of rotatable bonds is 7. The molecule has 0 amide bonds. The largest absolute Gasteiger partial charge is 0.493 e. The van der Waals surface area contributed by atoms with Gasteiger partial charge in [0.1, 0.15) is 6.54 Å². The molecular formula is C18H22N3O3S+. The molecule has 2 heterocycles. The molecular weight excluding hydrogens is 338 g/mol. The van der Waals surface area contributed by atoms with Crippen molar-refractivity contribution in [1.82, 2.24) is 10.2 Å². The van der Waals surface area contributed by atoms with Gasteiger partial charge in [-0.25, -0.2) is 0 Å². The highest BCUT2D eigenvalue weighted by Gasteiger charge is 2.24. The van der Waals surface area contributed by atoms with E-state index < -0.39 is 0 Å². The van der Waals surface area contributed by atoms with Crippen molar-refractivity contribution >= 4 is 11.3 Å². The number of para-hydroxylation sites is 1. The molecule has 0 aliphatic heterocycles. The van der Waals surface area contributed by atoms with Crippen molar-refractivity contribution in [3.63, 3.8) is 0 Å². The number of quaternary nitrogens is 1. The summed E-state index contributed by atoms with van der Waals surface area (Å²) in [6, 6.07) is 9.91. The summed E-state index contributed by atoms with van der Waals surface area (Å²) in [5, 5.41) is 10.4. The van der Waals surface area contributed by atoms with Gasteiger partial charge in [-0.2, -0.15) is 0 Å². The van der Waals surface area contributed by atoms with Crippen molar-refractivity contribution in [2.24, 2.45) is 0 Å². The van der Waals surface area contributed by atoms with Crippen LogP contribution in [-0.2, 0) is 6.54 Å². The van der Waals surface area contributed by atoms with Crippen molar-refractivity contribution in [2.75, 3.05) is 21.3 Å². The van der Waals surface area contributed by atoms with Crippen LogP contribution in [0.5, 0.6) is 11.5 Å². The van der Waals surface area contributed by atoms with Crippen LogP contribution in [0.25, 0.3) is 10.8 Å². The Morgan fingerprint density at radius 3 is 2.68 bits per heavy atom. The maximum atomic E-state index is 5.86. The van der Waals surface area contributed by atoms with Crippen LogP contribution in [0.15, 0.2) is 40.1 Å². The molecule has 0 saturated heterocycles. The van der Waals surface area contributed by atoms with E-state index >= 15 is 0 Å². The lowest BCUT2D eigenvalue weighted by Gasteiger charge is -2.20. The summed E-state index contributed by atoms with van der Waals surface area (Å²) < 4.78 is 16.8. The van der Waals surface area contributed by atoms with E-state index in [0.717, 1.165) is 28.5 Å². The number of ether oxygens (including phenoxy) is 2. The molecule has 7 heteroatoms. The van der Waals surface area contributed by atoms with Crippen molar-refractivity contribution in [2.45, 2.75) is 19.5 Å². The maximum Gasteiger partial charge on any atom is 0.274 e. The predicted molar refractivity (Wildman–Crippen MR) is 96.2 cm³/mol. The van der Waals surface area contributed by atoms with Gasteiger partial charge < -0.3 is 18.8 Å². The zero-order valence-electron chi connectivity index (χ0n) is 14.8. The Hall–Kier alpha value is -2.38. The highest BCUT2D eigenvalue weighted by atomic mass is 32.1. The molecule has 1 unspecified atom stereocenters. The smallest absolute Gasteiger partial charge is 0.274 e. The van der Waals surface area contributed by atoms with Crippen LogP contribution in [0.4, 0.5) is 0 Å². The Bertz CT molecular complexity index is 817. The third-order valence-electron chi connectivity index (χ3n) is 4.24. The van der Waals surface area contributed by atoms with Crippen molar-refractivity contribution < 1.29 is 18.8 Å². The van der Waals surface area contributed by atoms with Crippen molar-refractivity contribution in [1.29, 1.82) is 0 Å². The van der Waals surface area contributed by atoms with Crippen LogP contribution in [0.3, 0.4) is 0 Å². The lowest BCUT2D eigenvalue weighted by Crippen LogP contribution is -3.07. The number of nitrogens with one attached hydrogen (secondary N) is 1. The first-order valence-electron chi connectivity index (χ1n) is 8.03. The Kier molecular flexibility index (Phi) is 5.35. The second-order valence-corrected chi connectivity index (χ2v) is 6.77. The van der Waals surface area contributed by atoms with Gasteiger partial charge in [0.25, 0.3) is 11.8 Å². The number of methoxy groups -OCH3 is 2. The van der Waals surface area contributed by atoms with Crippen LogP contribution >= 0.6 is 11.3 Å². The molecule has 132 valence electrons. The first-order chi connectivity index (χ1) is 12.1. The van der Waals surface area contributed by atoms with Crippen LogP contribution in [0.2, 0.25) is 0 Å². The third kappa shape index (κ3) is 3.67. The molecule has 0 radical (unpaired) electrons. The Labute approximate surface area is 151 Å². The van der Waals surface area contributed by atoms with Crippen LogP contribution in [-0.4, -0.2) is 31.5 Å². The van der Waals surface area contributed by atoms with Gasteiger partial charge in [0, 0.05) is 0 Å². The van der Waals surface area contributed by atoms with E-state index in [9.17, 15) is 0 Å². The first kappa shape index (κ1) is 17.4. The van der Waals surface area contributed by atoms with E-state index in [2.05, 4.69) is 24.2 Å². The first-order valence-corrected chi connectivity index (χ1v) is 8.91. The summed E-state index contributed by atoms with van der Waals surface area (Å²) in [6.07, 6.45) is 0. The van der Waals surface area contributed by atoms with Gasteiger partial charge in [0.15, 0.2) is 17.5 Å². The topological polar surface area (TPSA) is 61.8 Å². The van der Waals surface area contributed by atoms with Gasteiger partial charge in [0.2, 0.25) is 0 Å². The Morgan fingerprint density at radius 2 is 2.00 bits per heavy atom. The molecule has 1 N–H and O–H groups in total. The van der Waals surface area contributed by atoms with E-state index in [0.29, 0.717) is 11.8 Å². The normalized spacial score (nSPS) is 13.4. The minimum Gasteiger partial charge on any atom is -0.493 e. The quantitative estimate of drug-likeness (QED) is 0.702. The zero-order valence-corrected chi connectivity index (χ0v) is 15.6. The van der Waals surface area contributed by atoms with E-state index in [1.54, 1.807) is 25.6 Å². The molecule has 1 aromatic carbocycles. The van der Waals surface area contributed by atoms with Crippen LogP contribution < -0.4 is 14.4 Å². The molecule has 0 spiro atoms. The monoisotopic (exact) mass is 360 g/mol. The number of nitrogens with zero attached hydrogens (tertiary/aromatic N) is 2. The summed E-state index contributed by atoms with van der Waals surface area (Å²) in [7, 11) is 5.40. The van der Waals surface area contributed by atoms with Crippen molar-refractivity contribution in [3.8, 4) is 22.3 Å². The van der Waals surface area contributed by atoms with Crippen LogP contribution in [0.1, 0.15) is 24.4 Å². The molecule has 2 atom stereocenters. The fourth-order valence-corrected chi connectivity index (χ4v) is 3.31. The van der Waals surface area contributed by atoms with E-state index in [4.69, 9.17) is 13.9 Å². The molecule has 0 saturated carbocycles. The van der Waals surface area contributed by atoms with E-state index in [-0.39, 0.29) is 6.04 Å². The highest BCUT2D eigenvalue weighted by molar-refractivity contribution is 7.13. The van der Waals surface area contributed by atoms with Gasteiger partial charge >= 0.3 is 0 Å². The second kappa shape index (κ2) is 7.67. The number of hydrogen-bond donors (Lipinski definition) is 1.